The molecule has 0 unspecified atom stereocenters. The SMILES string of the molecule is CCc1noc(-c2ccccc2OC)c1C(=O)[O-]. The summed E-state index contributed by atoms with van der Waals surface area (Å²) in [7, 11) is 1.51. The van der Waals surface area contributed by atoms with Gasteiger partial charge in [-0.1, -0.05) is 24.2 Å². The van der Waals surface area contributed by atoms with Gasteiger partial charge in [-0.25, -0.2) is 0 Å². The zero-order valence-corrected chi connectivity index (χ0v) is 10.1. The molecule has 0 N–H and O–H groups in total. The molecule has 1 aromatic carbocycles. The maximum absolute atomic E-state index is 11.2. The van der Waals surface area contributed by atoms with Crippen LogP contribution in [0.2, 0.25) is 0 Å². The summed E-state index contributed by atoms with van der Waals surface area (Å²) in [6.07, 6.45) is 0.460. The second-order valence-electron chi connectivity index (χ2n) is 3.67. The molecule has 2 aromatic rings. The maximum Gasteiger partial charge on any atom is 0.179 e. The van der Waals surface area contributed by atoms with Crippen molar-refractivity contribution in [2.45, 2.75) is 13.3 Å². The summed E-state index contributed by atoms with van der Waals surface area (Å²) in [5.74, 6) is -0.600. The lowest BCUT2D eigenvalue weighted by Gasteiger charge is -2.07. The fourth-order valence-corrected chi connectivity index (χ4v) is 1.79. The smallest absolute Gasteiger partial charge is 0.179 e. The number of ether oxygens (including phenoxy) is 1. The summed E-state index contributed by atoms with van der Waals surface area (Å²) in [6, 6.07) is 7.00. The highest BCUT2D eigenvalue weighted by Crippen LogP contribution is 2.33. The van der Waals surface area contributed by atoms with Crippen LogP contribution in [0.25, 0.3) is 11.3 Å². The normalized spacial score (nSPS) is 10.3. The predicted octanol–water partition coefficient (Wildman–Crippen LogP) is 1.28. The number of carboxylic acid groups (broad SMARTS) is 1. The number of nitrogens with zero attached hydrogens (tertiary/aromatic N) is 1. The molecule has 0 aliphatic rings. The van der Waals surface area contributed by atoms with Crippen LogP contribution in [0.4, 0.5) is 0 Å². The zero-order chi connectivity index (χ0) is 13.1. The van der Waals surface area contributed by atoms with E-state index in [1.807, 2.05) is 0 Å². The third-order valence-electron chi connectivity index (χ3n) is 2.65. The zero-order valence-electron chi connectivity index (χ0n) is 10.1. The summed E-state index contributed by atoms with van der Waals surface area (Å²) in [5.41, 5.74) is 0.907. The minimum atomic E-state index is -1.30. The average molecular weight is 246 g/mol. The van der Waals surface area contributed by atoms with Gasteiger partial charge in [0.2, 0.25) is 0 Å². The number of para-hydroxylation sites is 1. The molecule has 5 heteroatoms. The van der Waals surface area contributed by atoms with E-state index in [9.17, 15) is 9.90 Å². The number of benzene rings is 1. The Bertz CT molecular complexity index is 574. The van der Waals surface area contributed by atoms with Crippen molar-refractivity contribution in [3.63, 3.8) is 0 Å². The van der Waals surface area contributed by atoms with E-state index < -0.39 is 5.97 Å². The summed E-state index contributed by atoms with van der Waals surface area (Å²) >= 11 is 0. The van der Waals surface area contributed by atoms with Gasteiger partial charge in [-0.05, 0) is 18.6 Å². The van der Waals surface area contributed by atoms with Gasteiger partial charge < -0.3 is 19.2 Å². The number of hydrogen-bond acceptors (Lipinski definition) is 5. The van der Waals surface area contributed by atoms with E-state index in [2.05, 4.69) is 5.16 Å². The molecule has 0 aliphatic carbocycles. The lowest BCUT2D eigenvalue weighted by molar-refractivity contribution is -0.255. The second-order valence-corrected chi connectivity index (χ2v) is 3.67. The number of aromatic carboxylic acids is 1. The van der Waals surface area contributed by atoms with Crippen LogP contribution < -0.4 is 9.84 Å². The van der Waals surface area contributed by atoms with Gasteiger partial charge in [0.1, 0.15) is 5.75 Å². The van der Waals surface area contributed by atoms with Gasteiger partial charge in [-0.15, -0.1) is 0 Å². The van der Waals surface area contributed by atoms with E-state index >= 15 is 0 Å². The van der Waals surface area contributed by atoms with E-state index in [-0.39, 0.29) is 11.3 Å². The minimum absolute atomic E-state index is 0.0120. The lowest BCUT2D eigenvalue weighted by Crippen LogP contribution is -2.23. The number of carbonyl (C=O) groups excluding carboxylic acids is 1. The van der Waals surface area contributed by atoms with Crippen molar-refractivity contribution in [2.24, 2.45) is 0 Å². The maximum atomic E-state index is 11.2. The molecule has 18 heavy (non-hydrogen) atoms. The van der Waals surface area contributed by atoms with Crippen molar-refractivity contribution in [1.82, 2.24) is 5.16 Å². The number of carbonyl (C=O) groups is 1. The Morgan fingerprint density at radius 3 is 2.78 bits per heavy atom. The van der Waals surface area contributed by atoms with Crippen molar-refractivity contribution in [3.8, 4) is 17.1 Å². The standard InChI is InChI=1S/C13H13NO4/c1-3-9-11(13(15)16)12(18-14-9)8-6-4-5-7-10(8)17-2/h4-7H,3H2,1-2H3,(H,15,16)/p-1. The molecule has 1 heterocycles. The highest BCUT2D eigenvalue weighted by atomic mass is 16.5. The van der Waals surface area contributed by atoms with Crippen LogP contribution >= 0.6 is 0 Å². The van der Waals surface area contributed by atoms with Crippen molar-refractivity contribution in [2.75, 3.05) is 7.11 Å². The lowest BCUT2D eigenvalue weighted by atomic mass is 10.0. The molecule has 0 saturated heterocycles. The first kappa shape index (κ1) is 12.2. The molecule has 0 amide bonds. The Morgan fingerprint density at radius 2 is 2.17 bits per heavy atom. The first-order valence-corrected chi connectivity index (χ1v) is 5.52. The summed E-state index contributed by atoms with van der Waals surface area (Å²) in [5, 5.41) is 14.9. The van der Waals surface area contributed by atoms with Gasteiger partial charge in [-0.3, -0.25) is 0 Å². The Labute approximate surface area is 104 Å². The van der Waals surface area contributed by atoms with Gasteiger partial charge in [0.05, 0.1) is 29.9 Å². The topological polar surface area (TPSA) is 75.4 Å². The van der Waals surface area contributed by atoms with E-state index in [0.717, 1.165) is 0 Å². The predicted molar refractivity (Wildman–Crippen MR) is 62.2 cm³/mol. The molecular formula is C13H12NO4-. The van der Waals surface area contributed by atoms with Crippen LogP contribution in [0.3, 0.4) is 0 Å². The third kappa shape index (κ3) is 1.95. The van der Waals surface area contributed by atoms with Crippen molar-refractivity contribution in [3.05, 3.63) is 35.5 Å². The van der Waals surface area contributed by atoms with E-state index in [0.29, 0.717) is 23.4 Å². The number of methoxy groups -OCH3 is 1. The first-order chi connectivity index (χ1) is 8.69. The fraction of sp³-hybridized carbons (Fsp3) is 0.231. The van der Waals surface area contributed by atoms with Gasteiger partial charge in [-0.2, -0.15) is 0 Å². The largest absolute Gasteiger partial charge is 0.545 e. The Morgan fingerprint density at radius 1 is 1.44 bits per heavy atom. The monoisotopic (exact) mass is 246 g/mol. The molecule has 0 radical (unpaired) electrons. The van der Waals surface area contributed by atoms with E-state index in [4.69, 9.17) is 9.26 Å². The van der Waals surface area contributed by atoms with Gasteiger partial charge in [0.15, 0.2) is 5.76 Å². The number of carboxylic acids is 1. The fourth-order valence-electron chi connectivity index (χ4n) is 1.79. The molecular weight excluding hydrogens is 234 g/mol. The molecule has 0 spiro atoms. The Hall–Kier alpha value is -2.30. The molecule has 5 nitrogen and oxygen atoms in total. The molecule has 94 valence electrons. The quantitative estimate of drug-likeness (QED) is 0.812. The molecule has 0 fully saturated rings. The van der Waals surface area contributed by atoms with Gasteiger partial charge in [0, 0.05) is 0 Å². The van der Waals surface area contributed by atoms with Gasteiger partial charge in [0.25, 0.3) is 0 Å². The molecule has 1 aromatic heterocycles. The highest BCUT2D eigenvalue weighted by molar-refractivity contribution is 5.94. The number of rotatable bonds is 4. The van der Waals surface area contributed by atoms with Crippen LogP contribution in [0.15, 0.2) is 28.8 Å². The third-order valence-corrected chi connectivity index (χ3v) is 2.65. The Kier molecular flexibility index (Phi) is 3.32. The van der Waals surface area contributed by atoms with Crippen molar-refractivity contribution >= 4 is 5.97 Å². The number of aryl methyl sites for hydroxylation is 1. The van der Waals surface area contributed by atoms with Crippen LogP contribution in [0.5, 0.6) is 5.75 Å². The van der Waals surface area contributed by atoms with Crippen LogP contribution in [0, 0.1) is 0 Å². The van der Waals surface area contributed by atoms with Crippen LogP contribution in [-0.4, -0.2) is 18.2 Å². The van der Waals surface area contributed by atoms with E-state index in [1.165, 1.54) is 7.11 Å². The van der Waals surface area contributed by atoms with Gasteiger partial charge >= 0.3 is 0 Å². The van der Waals surface area contributed by atoms with Crippen LogP contribution in [0.1, 0.15) is 23.0 Å². The van der Waals surface area contributed by atoms with Crippen molar-refractivity contribution < 1.29 is 19.2 Å². The molecule has 2 rings (SSSR count). The molecule has 0 saturated carbocycles. The average Bonchev–Trinajstić information content (AvgIpc) is 2.82. The summed E-state index contributed by atoms with van der Waals surface area (Å²) < 4.78 is 10.3. The highest BCUT2D eigenvalue weighted by Gasteiger charge is 2.19. The minimum Gasteiger partial charge on any atom is -0.545 e. The Balaban J connectivity index is 2.64. The molecule has 0 aliphatic heterocycles. The van der Waals surface area contributed by atoms with Crippen molar-refractivity contribution in [1.29, 1.82) is 0 Å². The second kappa shape index (κ2) is 4.91. The first-order valence-electron chi connectivity index (χ1n) is 5.52. The van der Waals surface area contributed by atoms with E-state index in [1.54, 1.807) is 31.2 Å². The molecule has 0 atom stereocenters. The number of aromatic nitrogens is 1. The summed E-state index contributed by atoms with van der Waals surface area (Å²) in [6.45, 7) is 1.80. The summed E-state index contributed by atoms with van der Waals surface area (Å²) in [4.78, 5) is 11.2. The molecule has 0 bridgehead atoms. The van der Waals surface area contributed by atoms with Crippen LogP contribution in [-0.2, 0) is 6.42 Å². The number of hydrogen-bond donors (Lipinski definition) is 0.